The molecule has 2 atom stereocenters. The number of nitrogens with zero attached hydrogens (tertiary/aromatic N) is 5. The van der Waals surface area contributed by atoms with E-state index in [1.807, 2.05) is 35.0 Å². The zero-order valence-corrected chi connectivity index (χ0v) is 12.8. The Labute approximate surface area is 128 Å². The number of benzene rings is 1. The summed E-state index contributed by atoms with van der Waals surface area (Å²) in [7, 11) is 0. The SMILES string of the molecule is C[C@@H]1CN(Cc2nnc3c4ccccc4ncn23)C[C@@H](C)O1. The highest BCUT2D eigenvalue weighted by Gasteiger charge is 2.23. The number of morpholine rings is 1. The average molecular weight is 297 g/mol. The van der Waals surface area contributed by atoms with Gasteiger partial charge in [0.05, 0.1) is 24.3 Å². The van der Waals surface area contributed by atoms with Crippen LogP contribution in [-0.4, -0.2) is 49.8 Å². The standard InChI is InChI=1S/C16H19N5O/c1-11-7-20(8-12(2)22-11)9-15-18-19-16-13-5-3-4-6-14(13)17-10-21(15)16/h3-6,10-12H,7-9H2,1-2H3/t11-,12-/m1/s1. The zero-order valence-electron chi connectivity index (χ0n) is 12.8. The minimum atomic E-state index is 0.252. The molecule has 3 aromatic rings. The molecule has 1 fully saturated rings. The summed E-state index contributed by atoms with van der Waals surface area (Å²) in [6.45, 7) is 6.82. The molecule has 0 amide bonds. The number of hydrogen-bond acceptors (Lipinski definition) is 5. The molecule has 6 nitrogen and oxygen atoms in total. The molecular formula is C16H19N5O. The van der Waals surface area contributed by atoms with Gasteiger partial charge in [0.2, 0.25) is 0 Å². The van der Waals surface area contributed by atoms with Gasteiger partial charge in [-0.05, 0) is 26.0 Å². The van der Waals surface area contributed by atoms with Gasteiger partial charge in [0.1, 0.15) is 6.33 Å². The predicted octanol–water partition coefficient (Wildman–Crippen LogP) is 1.89. The van der Waals surface area contributed by atoms with Gasteiger partial charge in [-0.2, -0.15) is 0 Å². The van der Waals surface area contributed by atoms with Gasteiger partial charge < -0.3 is 4.74 Å². The van der Waals surface area contributed by atoms with Gasteiger partial charge in [-0.15, -0.1) is 10.2 Å². The summed E-state index contributed by atoms with van der Waals surface area (Å²) in [5, 5.41) is 9.78. The maximum atomic E-state index is 5.78. The second-order valence-electron chi connectivity index (χ2n) is 6.02. The molecule has 0 saturated carbocycles. The number of fused-ring (bicyclic) bond motifs is 3. The van der Waals surface area contributed by atoms with Crippen molar-refractivity contribution in [3.8, 4) is 0 Å². The quantitative estimate of drug-likeness (QED) is 0.723. The Balaban J connectivity index is 1.69. The van der Waals surface area contributed by atoms with Crippen LogP contribution >= 0.6 is 0 Å². The fraction of sp³-hybridized carbons (Fsp3) is 0.438. The summed E-state index contributed by atoms with van der Waals surface area (Å²) in [6.07, 6.45) is 2.32. The van der Waals surface area contributed by atoms with Crippen molar-refractivity contribution in [1.29, 1.82) is 0 Å². The fourth-order valence-electron chi connectivity index (χ4n) is 3.25. The summed E-state index contributed by atoms with van der Waals surface area (Å²) >= 11 is 0. The monoisotopic (exact) mass is 297 g/mol. The van der Waals surface area contributed by atoms with Crippen molar-refractivity contribution < 1.29 is 4.74 Å². The summed E-state index contributed by atoms with van der Waals surface area (Å²) in [6, 6.07) is 8.02. The van der Waals surface area contributed by atoms with Crippen molar-refractivity contribution in [2.75, 3.05) is 13.1 Å². The van der Waals surface area contributed by atoms with Crippen LogP contribution in [0.4, 0.5) is 0 Å². The van der Waals surface area contributed by atoms with Gasteiger partial charge in [0, 0.05) is 18.5 Å². The Bertz CT molecular complexity index is 805. The van der Waals surface area contributed by atoms with Gasteiger partial charge in [0.15, 0.2) is 11.5 Å². The molecule has 114 valence electrons. The van der Waals surface area contributed by atoms with Crippen molar-refractivity contribution >= 4 is 16.6 Å². The minimum Gasteiger partial charge on any atom is -0.373 e. The Morgan fingerprint density at radius 3 is 2.73 bits per heavy atom. The molecule has 22 heavy (non-hydrogen) atoms. The Hall–Kier alpha value is -2.05. The molecule has 1 saturated heterocycles. The second kappa shape index (κ2) is 5.30. The number of hydrogen-bond donors (Lipinski definition) is 0. The van der Waals surface area contributed by atoms with Gasteiger partial charge >= 0.3 is 0 Å². The predicted molar refractivity (Wildman–Crippen MR) is 83.6 cm³/mol. The molecule has 0 spiro atoms. The molecule has 0 unspecified atom stereocenters. The Morgan fingerprint density at radius 2 is 1.91 bits per heavy atom. The maximum absolute atomic E-state index is 5.78. The van der Waals surface area contributed by atoms with E-state index < -0.39 is 0 Å². The molecule has 1 aliphatic rings. The second-order valence-corrected chi connectivity index (χ2v) is 6.02. The van der Waals surface area contributed by atoms with E-state index in [1.54, 1.807) is 0 Å². The van der Waals surface area contributed by atoms with E-state index in [2.05, 4.69) is 33.9 Å². The third-order valence-electron chi connectivity index (χ3n) is 4.08. The average Bonchev–Trinajstić information content (AvgIpc) is 2.90. The topological polar surface area (TPSA) is 55.6 Å². The van der Waals surface area contributed by atoms with Crippen molar-refractivity contribution in [1.82, 2.24) is 24.5 Å². The molecule has 3 heterocycles. The normalized spacial score (nSPS) is 23.4. The highest BCUT2D eigenvalue weighted by Crippen LogP contribution is 2.18. The first kappa shape index (κ1) is 13.6. The Morgan fingerprint density at radius 1 is 1.14 bits per heavy atom. The number of para-hydroxylation sites is 1. The van der Waals surface area contributed by atoms with E-state index in [1.165, 1.54) is 0 Å². The zero-order chi connectivity index (χ0) is 15.1. The van der Waals surface area contributed by atoms with Crippen LogP contribution in [0.3, 0.4) is 0 Å². The fourth-order valence-corrected chi connectivity index (χ4v) is 3.25. The molecule has 0 N–H and O–H groups in total. The van der Waals surface area contributed by atoms with Gasteiger partial charge in [-0.25, -0.2) is 4.98 Å². The highest BCUT2D eigenvalue weighted by atomic mass is 16.5. The molecule has 1 aliphatic heterocycles. The Kier molecular flexibility index (Phi) is 3.28. The lowest BCUT2D eigenvalue weighted by Gasteiger charge is -2.34. The largest absolute Gasteiger partial charge is 0.373 e. The minimum absolute atomic E-state index is 0.252. The van der Waals surface area contributed by atoms with E-state index in [0.29, 0.717) is 0 Å². The molecule has 0 radical (unpaired) electrons. The van der Waals surface area contributed by atoms with Crippen LogP contribution < -0.4 is 0 Å². The third kappa shape index (κ3) is 2.34. The first-order chi connectivity index (χ1) is 10.7. The lowest BCUT2D eigenvalue weighted by atomic mass is 10.2. The van der Waals surface area contributed by atoms with Crippen LogP contribution in [0.25, 0.3) is 16.6 Å². The van der Waals surface area contributed by atoms with Crippen molar-refractivity contribution in [3.05, 3.63) is 36.4 Å². The van der Waals surface area contributed by atoms with Crippen molar-refractivity contribution in [2.24, 2.45) is 0 Å². The van der Waals surface area contributed by atoms with E-state index in [0.717, 1.165) is 42.0 Å². The van der Waals surface area contributed by atoms with Gasteiger partial charge in [-0.1, -0.05) is 12.1 Å². The van der Waals surface area contributed by atoms with Crippen LogP contribution in [0.15, 0.2) is 30.6 Å². The molecule has 4 rings (SSSR count). The third-order valence-corrected chi connectivity index (χ3v) is 4.08. The lowest BCUT2D eigenvalue weighted by Crippen LogP contribution is -2.45. The maximum Gasteiger partial charge on any atom is 0.171 e. The molecule has 1 aromatic carbocycles. The van der Waals surface area contributed by atoms with E-state index in [-0.39, 0.29) is 12.2 Å². The molecule has 0 bridgehead atoms. The van der Waals surface area contributed by atoms with Crippen LogP contribution in [0.1, 0.15) is 19.7 Å². The molecule has 6 heteroatoms. The van der Waals surface area contributed by atoms with Crippen LogP contribution in [0, 0.1) is 0 Å². The van der Waals surface area contributed by atoms with E-state index in [4.69, 9.17) is 4.74 Å². The summed E-state index contributed by atoms with van der Waals surface area (Å²) in [5.74, 6) is 0.926. The lowest BCUT2D eigenvalue weighted by molar-refractivity contribution is -0.0711. The number of aromatic nitrogens is 4. The van der Waals surface area contributed by atoms with Gasteiger partial charge in [0.25, 0.3) is 0 Å². The van der Waals surface area contributed by atoms with Crippen molar-refractivity contribution in [3.63, 3.8) is 0 Å². The smallest absolute Gasteiger partial charge is 0.171 e. The van der Waals surface area contributed by atoms with Crippen molar-refractivity contribution in [2.45, 2.75) is 32.6 Å². The van der Waals surface area contributed by atoms with Gasteiger partial charge in [-0.3, -0.25) is 9.30 Å². The highest BCUT2D eigenvalue weighted by molar-refractivity contribution is 5.90. The van der Waals surface area contributed by atoms with Crippen LogP contribution in [0.5, 0.6) is 0 Å². The number of rotatable bonds is 2. The summed E-state index contributed by atoms with van der Waals surface area (Å²) in [5.41, 5.74) is 1.82. The van der Waals surface area contributed by atoms with Crippen LogP contribution in [-0.2, 0) is 11.3 Å². The summed E-state index contributed by atoms with van der Waals surface area (Å²) < 4.78 is 7.78. The van der Waals surface area contributed by atoms with E-state index >= 15 is 0 Å². The van der Waals surface area contributed by atoms with Crippen LogP contribution in [0.2, 0.25) is 0 Å². The molecular weight excluding hydrogens is 278 g/mol. The molecule has 0 aliphatic carbocycles. The van der Waals surface area contributed by atoms with E-state index in [9.17, 15) is 0 Å². The first-order valence-corrected chi connectivity index (χ1v) is 7.66. The molecule has 2 aromatic heterocycles. The number of ether oxygens (including phenoxy) is 1. The summed E-state index contributed by atoms with van der Waals surface area (Å²) in [4.78, 5) is 6.87. The first-order valence-electron chi connectivity index (χ1n) is 7.66.